The standard InChI is InChI=1S/C11H19N3O4S/c1-4-11(2,3)13-19(17,18)9-7-12-14(8-9)6-5-10(15)16/h7-8,13H,4-6H2,1-3H3,(H,15,16). The lowest BCUT2D eigenvalue weighted by Gasteiger charge is -2.23. The van der Waals surface area contributed by atoms with Crippen LogP contribution >= 0.6 is 0 Å². The molecule has 0 radical (unpaired) electrons. The molecular weight excluding hydrogens is 270 g/mol. The third-order valence-electron chi connectivity index (χ3n) is 2.77. The number of carboxylic acids is 1. The van der Waals surface area contributed by atoms with E-state index in [1.807, 2.05) is 6.92 Å². The second-order valence-electron chi connectivity index (χ2n) is 4.93. The summed E-state index contributed by atoms with van der Waals surface area (Å²) in [6.07, 6.45) is 3.10. The highest BCUT2D eigenvalue weighted by atomic mass is 32.2. The number of aliphatic carboxylic acids is 1. The molecule has 0 aliphatic rings. The van der Waals surface area contributed by atoms with Crippen molar-refractivity contribution in [2.75, 3.05) is 0 Å². The van der Waals surface area contributed by atoms with Crippen molar-refractivity contribution in [3.05, 3.63) is 12.4 Å². The zero-order chi connectivity index (χ0) is 14.7. The number of nitrogens with one attached hydrogen (secondary N) is 1. The number of nitrogens with zero attached hydrogens (tertiary/aromatic N) is 2. The minimum Gasteiger partial charge on any atom is -0.481 e. The van der Waals surface area contributed by atoms with Crippen LogP contribution in [0.2, 0.25) is 0 Å². The number of aryl methyl sites for hydroxylation is 1. The quantitative estimate of drug-likeness (QED) is 0.774. The van der Waals surface area contributed by atoms with E-state index in [4.69, 9.17) is 5.11 Å². The summed E-state index contributed by atoms with van der Waals surface area (Å²) in [5.74, 6) is -0.954. The first-order valence-electron chi connectivity index (χ1n) is 5.94. The van der Waals surface area contributed by atoms with Crippen molar-refractivity contribution < 1.29 is 18.3 Å². The van der Waals surface area contributed by atoms with Gasteiger partial charge in [0.1, 0.15) is 4.90 Å². The largest absolute Gasteiger partial charge is 0.481 e. The Balaban J connectivity index is 2.83. The lowest BCUT2D eigenvalue weighted by atomic mass is 10.0. The number of hydrogen-bond donors (Lipinski definition) is 2. The number of sulfonamides is 1. The van der Waals surface area contributed by atoms with Crippen LogP contribution < -0.4 is 4.72 Å². The van der Waals surface area contributed by atoms with Gasteiger partial charge in [0.05, 0.1) is 19.2 Å². The molecule has 7 nitrogen and oxygen atoms in total. The lowest BCUT2D eigenvalue weighted by molar-refractivity contribution is -0.137. The Morgan fingerprint density at radius 1 is 1.53 bits per heavy atom. The van der Waals surface area contributed by atoms with Gasteiger partial charge in [-0.2, -0.15) is 5.10 Å². The van der Waals surface area contributed by atoms with Gasteiger partial charge in [0.2, 0.25) is 10.0 Å². The van der Waals surface area contributed by atoms with Crippen LogP contribution in [0.15, 0.2) is 17.3 Å². The maximum atomic E-state index is 12.1. The van der Waals surface area contributed by atoms with Crippen LogP contribution in [0.3, 0.4) is 0 Å². The van der Waals surface area contributed by atoms with Gasteiger partial charge in [0.15, 0.2) is 0 Å². The second kappa shape index (κ2) is 5.70. The predicted octanol–water partition coefficient (Wildman–Crippen LogP) is 0.825. The monoisotopic (exact) mass is 289 g/mol. The van der Waals surface area contributed by atoms with E-state index in [1.165, 1.54) is 17.1 Å². The first-order chi connectivity index (χ1) is 8.66. The fourth-order valence-electron chi connectivity index (χ4n) is 1.31. The molecule has 0 spiro atoms. The summed E-state index contributed by atoms with van der Waals surface area (Å²) in [7, 11) is -3.63. The second-order valence-corrected chi connectivity index (χ2v) is 6.61. The molecule has 108 valence electrons. The smallest absolute Gasteiger partial charge is 0.305 e. The van der Waals surface area contributed by atoms with Gasteiger partial charge >= 0.3 is 5.97 Å². The van der Waals surface area contributed by atoms with Gasteiger partial charge in [-0.1, -0.05) is 6.92 Å². The van der Waals surface area contributed by atoms with Crippen molar-refractivity contribution in [3.63, 3.8) is 0 Å². The summed E-state index contributed by atoms with van der Waals surface area (Å²) in [5.41, 5.74) is -0.540. The normalized spacial score (nSPS) is 12.6. The van der Waals surface area contributed by atoms with Crippen molar-refractivity contribution >= 4 is 16.0 Å². The van der Waals surface area contributed by atoms with Crippen LogP contribution in [-0.2, 0) is 21.4 Å². The van der Waals surface area contributed by atoms with Crippen molar-refractivity contribution in [3.8, 4) is 0 Å². The Labute approximate surface area is 112 Å². The maximum Gasteiger partial charge on any atom is 0.305 e. The fourth-order valence-corrected chi connectivity index (χ4v) is 2.75. The van der Waals surface area contributed by atoms with Crippen molar-refractivity contribution in [2.45, 2.75) is 50.6 Å². The average molecular weight is 289 g/mol. The van der Waals surface area contributed by atoms with E-state index in [0.29, 0.717) is 6.42 Å². The molecule has 0 saturated carbocycles. The molecule has 0 amide bonds. The fraction of sp³-hybridized carbons (Fsp3) is 0.636. The number of carbonyl (C=O) groups is 1. The Hall–Kier alpha value is -1.41. The minimum absolute atomic E-state index is 0.0411. The maximum absolute atomic E-state index is 12.1. The average Bonchev–Trinajstić information content (AvgIpc) is 2.74. The van der Waals surface area contributed by atoms with Gasteiger partial charge in [0.25, 0.3) is 0 Å². The van der Waals surface area contributed by atoms with Gasteiger partial charge < -0.3 is 5.11 Å². The predicted molar refractivity (Wildman–Crippen MR) is 69.2 cm³/mol. The number of rotatable bonds is 7. The van der Waals surface area contributed by atoms with Crippen LogP contribution in [0.25, 0.3) is 0 Å². The topological polar surface area (TPSA) is 101 Å². The van der Waals surface area contributed by atoms with E-state index >= 15 is 0 Å². The van der Waals surface area contributed by atoms with E-state index in [9.17, 15) is 13.2 Å². The molecule has 1 rings (SSSR count). The summed E-state index contributed by atoms with van der Waals surface area (Å²) in [4.78, 5) is 10.5. The Morgan fingerprint density at radius 3 is 2.68 bits per heavy atom. The van der Waals surface area contributed by atoms with E-state index in [-0.39, 0.29) is 17.9 Å². The van der Waals surface area contributed by atoms with Gasteiger partial charge in [-0.3, -0.25) is 9.48 Å². The molecule has 8 heteroatoms. The SMILES string of the molecule is CCC(C)(C)NS(=O)(=O)c1cnn(CCC(=O)O)c1. The summed E-state index contributed by atoms with van der Waals surface area (Å²) < 4.78 is 28.0. The molecule has 0 saturated heterocycles. The highest BCUT2D eigenvalue weighted by Gasteiger charge is 2.25. The Morgan fingerprint density at radius 2 is 2.16 bits per heavy atom. The summed E-state index contributed by atoms with van der Waals surface area (Å²) in [5, 5.41) is 12.4. The van der Waals surface area contributed by atoms with E-state index in [0.717, 1.165) is 0 Å². The van der Waals surface area contributed by atoms with Crippen LogP contribution in [0.4, 0.5) is 0 Å². The van der Waals surface area contributed by atoms with Gasteiger partial charge in [-0.05, 0) is 20.3 Å². The Kier molecular flexibility index (Phi) is 4.70. The van der Waals surface area contributed by atoms with Gasteiger partial charge in [-0.15, -0.1) is 0 Å². The molecule has 1 heterocycles. The molecule has 1 aromatic heterocycles. The van der Waals surface area contributed by atoms with Crippen molar-refractivity contribution in [1.29, 1.82) is 0 Å². The molecule has 19 heavy (non-hydrogen) atoms. The third-order valence-corrected chi connectivity index (χ3v) is 4.42. The number of hydrogen-bond acceptors (Lipinski definition) is 4. The zero-order valence-corrected chi connectivity index (χ0v) is 12.1. The molecule has 0 aromatic carbocycles. The molecule has 0 aliphatic heterocycles. The van der Waals surface area contributed by atoms with Gasteiger partial charge in [-0.25, -0.2) is 13.1 Å². The number of aromatic nitrogens is 2. The molecular formula is C11H19N3O4S. The highest BCUT2D eigenvalue weighted by molar-refractivity contribution is 7.89. The first-order valence-corrected chi connectivity index (χ1v) is 7.43. The summed E-state index contributed by atoms with van der Waals surface area (Å²) in [6, 6.07) is 0. The molecule has 0 bridgehead atoms. The molecule has 1 aromatic rings. The van der Waals surface area contributed by atoms with E-state index < -0.39 is 21.5 Å². The van der Waals surface area contributed by atoms with Crippen LogP contribution in [0.1, 0.15) is 33.6 Å². The van der Waals surface area contributed by atoms with Crippen LogP contribution in [0, 0.1) is 0 Å². The van der Waals surface area contributed by atoms with E-state index in [2.05, 4.69) is 9.82 Å². The molecule has 0 atom stereocenters. The molecule has 0 fully saturated rings. The molecule has 0 unspecified atom stereocenters. The van der Waals surface area contributed by atoms with Gasteiger partial charge in [0, 0.05) is 11.7 Å². The number of carboxylic acid groups (broad SMARTS) is 1. The first kappa shape index (κ1) is 15.6. The zero-order valence-electron chi connectivity index (χ0n) is 11.3. The van der Waals surface area contributed by atoms with Crippen LogP contribution in [-0.4, -0.2) is 34.8 Å². The van der Waals surface area contributed by atoms with Crippen LogP contribution in [0.5, 0.6) is 0 Å². The minimum atomic E-state index is -3.63. The van der Waals surface area contributed by atoms with Crippen molar-refractivity contribution in [1.82, 2.24) is 14.5 Å². The molecule has 2 N–H and O–H groups in total. The summed E-state index contributed by atoms with van der Waals surface area (Å²) >= 11 is 0. The Bertz CT molecular complexity index is 548. The summed E-state index contributed by atoms with van der Waals surface area (Å²) in [6.45, 7) is 5.61. The van der Waals surface area contributed by atoms with Crippen molar-refractivity contribution in [2.24, 2.45) is 0 Å². The lowest BCUT2D eigenvalue weighted by Crippen LogP contribution is -2.42. The highest BCUT2D eigenvalue weighted by Crippen LogP contribution is 2.14. The molecule has 0 aliphatic carbocycles. The van der Waals surface area contributed by atoms with E-state index in [1.54, 1.807) is 13.8 Å². The third kappa shape index (κ3) is 4.64.